The molecule has 1 saturated heterocycles. The first kappa shape index (κ1) is 24.6. The quantitative estimate of drug-likeness (QED) is 0.393. The van der Waals surface area contributed by atoms with E-state index in [0.29, 0.717) is 41.2 Å². The van der Waals surface area contributed by atoms with Gasteiger partial charge in [0.1, 0.15) is 5.82 Å². The molecule has 1 N–H and O–H groups in total. The molecular formula is C26H27FN6O4. The second-order valence-electron chi connectivity index (χ2n) is 9.14. The summed E-state index contributed by atoms with van der Waals surface area (Å²) in [5, 5.41) is 2.73. The van der Waals surface area contributed by atoms with Crippen molar-refractivity contribution in [3.8, 4) is 11.3 Å². The molecule has 3 aromatic heterocycles. The largest absolute Gasteiger partial charge is 0.468 e. The molecular weight excluding hydrogens is 479 g/mol. The van der Waals surface area contributed by atoms with Crippen LogP contribution in [0.15, 0.2) is 41.2 Å². The van der Waals surface area contributed by atoms with Gasteiger partial charge in [0.25, 0.3) is 5.91 Å². The third-order valence-corrected chi connectivity index (χ3v) is 6.58. The summed E-state index contributed by atoms with van der Waals surface area (Å²) in [6, 6.07) is 4.30. The van der Waals surface area contributed by atoms with Crippen LogP contribution in [-0.2, 0) is 9.53 Å². The Kier molecular flexibility index (Phi) is 6.70. The minimum absolute atomic E-state index is 0.115. The van der Waals surface area contributed by atoms with E-state index in [9.17, 15) is 14.0 Å². The van der Waals surface area contributed by atoms with Gasteiger partial charge in [0, 0.05) is 36.8 Å². The number of esters is 1. The maximum atomic E-state index is 14.8. The molecule has 1 aromatic carbocycles. The van der Waals surface area contributed by atoms with Gasteiger partial charge in [0.2, 0.25) is 11.5 Å². The van der Waals surface area contributed by atoms with Crippen molar-refractivity contribution in [2.75, 3.05) is 32.1 Å². The van der Waals surface area contributed by atoms with Gasteiger partial charge in [-0.1, -0.05) is 0 Å². The second-order valence-corrected chi connectivity index (χ2v) is 9.14. The number of amides is 1. The smallest absolute Gasteiger partial charge is 0.319 e. The number of imidazole rings is 1. The lowest BCUT2D eigenvalue weighted by Gasteiger charge is -2.31. The van der Waals surface area contributed by atoms with Gasteiger partial charge < -0.3 is 14.5 Å². The van der Waals surface area contributed by atoms with Crippen LogP contribution in [0.5, 0.6) is 0 Å². The molecule has 5 rings (SSSR count). The van der Waals surface area contributed by atoms with Crippen molar-refractivity contribution in [3.05, 3.63) is 65.5 Å². The lowest BCUT2D eigenvalue weighted by atomic mass is 9.91. The van der Waals surface area contributed by atoms with Gasteiger partial charge in [-0.15, -0.1) is 0 Å². The Morgan fingerprint density at radius 2 is 1.97 bits per heavy atom. The number of halogens is 1. The van der Waals surface area contributed by atoms with Gasteiger partial charge >= 0.3 is 5.97 Å². The number of aromatic nitrogens is 4. The van der Waals surface area contributed by atoms with Crippen LogP contribution in [0.2, 0.25) is 0 Å². The number of oxazole rings is 1. The zero-order valence-corrected chi connectivity index (χ0v) is 20.8. The van der Waals surface area contributed by atoms with Gasteiger partial charge in [-0.2, -0.15) is 0 Å². The van der Waals surface area contributed by atoms with E-state index >= 15 is 0 Å². The Labute approximate surface area is 212 Å². The van der Waals surface area contributed by atoms with Crippen molar-refractivity contribution >= 4 is 23.3 Å². The zero-order chi connectivity index (χ0) is 26.1. The summed E-state index contributed by atoms with van der Waals surface area (Å²) in [5.74, 6) is 0.0979. The first-order valence-electron chi connectivity index (χ1n) is 12.0. The van der Waals surface area contributed by atoms with E-state index in [1.165, 1.54) is 25.3 Å². The lowest BCUT2D eigenvalue weighted by Crippen LogP contribution is -2.37. The number of ether oxygens (including phenoxy) is 1. The van der Waals surface area contributed by atoms with E-state index in [2.05, 4.69) is 25.2 Å². The number of anilines is 1. The lowest BCUT2D eigenvalue weighted by molar-refractivity contribution is -0.142. The molecule has 1 fully saturated rings. The van der Waals surface area contributed by atoms with Crippen LogP contribution in [0.1, 0.15) is 46.5 Å². The summed E-state index contributed by atoms with van der Waals surface area (Å²) in [6.45, 7) is 5.24. The first-order valence-corrected chi connectivity index (χ1v) is 12.0. The third kappa shape index (κ3) is 5.21. The third-order valence-electron chi connectivity index (χ3n) is 6.58. The van der Waals surface area contributed by atoms with Gasteiger partial charge in [-0.25, -0.2) is 19.3 Å². The molecule has 0 atom stereocenters. The molecule has 1 aliphatic rings. The van der Waals surface area contributed by atoms with E-state index < -0.39 is 11.7 Å². The van der Waals surface area contributed by atoms with Crippen molar-refractivity contribution in [3.63, 3.8) is 0 Å². The summed E-state index contributed by atoms with van der Waals surface area (Å²) in [7, 11) is 1.40. The summed E-state index contributed by atoms with van der Waals surface area (Å²) in [4.78, 5) is 39.3. The van der Waals surface area contributed by atoms with Gasteiger partial charge in [0.15, 0.2) is 5.89 Å². The van der Waals surface area contributed by atoms with Crippen molar-refractivity contribution in [2.24, 2.45) is 0 Å². The average Bonchev–Trinajstić information content (AvgIpc) is 3.47. The molecule has 4 heterocycles. The van der Waals surface area contributed by atoms with Crippen LogP contribution in [-0.4, -0.2) is 62.9 Å². The molecule has 0 unspecified atom stereocenters. The van der Waals surface area contributed by atoms with Gasteiger partial charge in [0.05, 0.1) is 25.0 Å². The van der Waals surface area contributed by atoms with Crippen molar-refractivity contribution in [1.82, 2.24) is 24.3 Å². The summed E-state index contributed by atoms with van der Waals surface area (Å²) in [5.41, 5.74) is 2.59. The fourth-order valence-corrected chi connectivity index (χ4v) is 4.64. The van der Waals surface area contributed by atoms with Crippen molar-refractivity contribution < 1.29 is 23.1 Å². The van der Waals surface area contributed by atoms with Crippen LogP contribution in [0.4, 0.5) is 10.1 Å². The SMILES string of the molecule is COC(=O)CN1CCC(c2cnc3nc(-c4cc(NC(=O)c5oc(C)nc5C)ccc4F)cn3c2)CC1. The molecule has 192 valence electrons. The minimum Gasteiger partial charge on any atom is -0.468 e. The Hall–Kier alpha value is -4.12. The highest BCUT2D eigenvalue weighted by Crippen LogP contribution is 2.29. The van der Waals surface area contributed by atoms with Gasteiger partial charge in [-0.3, -0.25) is 18.9 Å². The predicted molar refractivity (Wildman–Crippen MR) is 133 cm³/mol. The molecule has 10 nitrogen and oxygen atoms in total. The van der Waals surface area contributed by atoms with Crippen LogP contribution >= 0.6 is 0 Å². The van der Waals surface area contributed by atoms with E-state index in [-0.39, 0.29) is 17.3 Å². The highest BCUT2D eigenvalue weighted by molar-refractivity contribution is 6.03. The number of nitrogens with one attached hydrogen (secondary N) is 1. The molecule has 11 heteroatoms. The topological polar surface area (TPSA) is 115 Å². The standard InChI is InChI=1S/C26H27FN6O4/c1-15-24(37-16(2)29-15)25(35)30-19-4-5-21(27)20(10-19)22-13-33-12-18(11-28-26(33)31-22)17-6-8-32(9-7-17)14-23(34)36-3/h4-5,10-13,17H,6-9,14H2,1-3H3,(H,30,35). The molecule has 1 aliphatic heterocycles. The Bertz CT molecular complexity index is 1470. The summed E-state index contributed by atoms with van der Waals surface area (Å²) >= 11 is 0. The van der Waals surface area contributed by atoms with Crippen LogP contribution < -0.4 is 5.32 Å². The molecule has 0 spiro atoms. The fourth-order valence-electron chi connectivity index (χ4n) is 4.64. The Balaban J connectivity index is 1.33. The number of nitrogens with zero attached hydrogens (tertiary/aromatic N) is 5. The van der Waals surface area contributed by atoms with Crippen LogP contribution in [0, 0.1) is 19.7 Å². The van der Waals surface area contributed by atoms with Crippen molar-refractivity contribution in [1.29, 1.82) is 0 Å². The number of rotatable bonds is 6. The molecule has 0 saturated carbocycles. The number of fused-ring (bicyclic) bond motifs is 1. The monoisotopic (exact) mass is 506 g/mol. The number of methoxy groups -OCH3 is 1. The highest BCUT2D eigenvalue weighted by Gasteiger charge is 2.23. The van der Waals surface area contributed by atoms with E-state index in [4.69, 9.17) is 9.15 Å². The van der Waals surface area contributed by atoms with Crippen LogP contribution in [0.3, 0.4) is 0 Å². The van der Waals surface area contributed by atoms with E-state index in [0.717, 1.165) is 31.5 Å². The zero-order valence-electron chi connectivity index (χ0n) is 20.8. The number of carbonyl (C=O) groups is 2. The van der Waals surface area contributed by atoms with Crippen LogP contribution in [0.25, 0.3) is 17.0 Å². The van der Waals surface area contributed by atoms with E-state index in [1.807, 2.05) is 12.4 Å². The number of piperidine rings is 1. The average molecular weight is 507 g/mol. The predicted octanol–water partition coefficient (Wildman–Crippen LogP) is 3.74. The number of hydrogen-bond donors (Lipinski definition) is 1. The molecule has 1 amide bonds. The molecule has 4 aromatic rings. The Morgan fingerprint density at radius 3 is 2.68 bits per heavy atom. The van der Waals surface area contributed by atoms with Crippen molar-refractivity contribution in [2.45, 2.75) is 32.6 Å². The number of hydrogen-bond acceptors (Lipinski definition) is 8. The van der Waals surface area contributed by atoms with E-state index in [1.54, 1.807) is 24.4 Å². The molecule has 0 bridgehead atoms. The normalized spacial score (nSPS) is 14.7. The molecule has 37 heavy (non-hydrogen) atoms. The first-order chi connectivity index (χ1) is 17.8. The minimum atomic E-state index is -0.466. The fraction of sp³-hybridized carbons (Fsp3) is 0.346. The number of benzene rings is 1. The summed E-state index contributed by atoms with van der Waals surface area (Å²) < 4.78 is 26.7. The maximum Gasteiger partial charge on any atom is 0.319 e. The number of likely N-dealkylation sites (tertiary alicyclic amines) is 1. The molecule has 0 radical (unpaired) electrons. The Morgan fingerprint density at radius 1 is 1.19 bits per heavy atom. The summed E-state index contributed by atoms with van der Waals surface area (Å²) in [6.07, 6.45) is 7.30. The highest BCUT2D eigenvalue weighted by atomic mass is 19.1. The number of aryl methyl sites for hydroxylation is 2. The van der Waals surface area contributed by atoms with Gasteiger partial charge in [-0.05, 0) is 62.5 Å². The number of carbonyl (C=O) groups excluding carboxylic acids is 2. The second kappa shape index (κ2) is 10.1. The molecule has 0 aliphatic carbocycles. The maximum absolute atomic E-state index is 14.8.